The molecule has 24 heavy (non-hydrogen) atoms. The number of amides is 1. The van der Waals surface area contributed by atoms with Crippen LogP contribution in [0.3, 0.4) is 0 Å². The monoisotopic (exact) mass is 336 g/mol. The summed E-state index contributed by atoms with van der Waals surface area (Å²) in [7, 11) is 0. The van der Waals surface area contributed by atoms with Crippen LogP contribution >= 0.6 is 0 Å². The number of piperidine rings is 1. The molecule has 2 saturated heterocycles. The van der Waals surface area contributed by atoms with E-state index in [-0.39, 0.29) is 18.4 Å². The largest absolute Gasteiger partial charge is 0.467 e. The third kappa shape index (κ3) is 4.37. The van der Waals surface area contributed by atoms with Gasteiger partial charge >= 0.3 is 0 Å². The first kappa shape index (κ1) is 17.5. The van der Waals surface area contributed by atoms with Crippen molar-refractivity contribution in [3.63, 3.8) is 0 Å². The van der Waals surface area contributed by atoms with Gasteiger partial charge in [0.2, 0.25) is 5.91 Å². The Hall–Kier alpha value is -1.37. The fraction of sp³-hybridized carbons (Fsp3) is 0.722. The van der Waals surface area contributed by atoms with Crippen LogP contribution in [-0.4, -0.2) is 66.3 Å². The molecular formula is C18H28N2O4. The van der Waals surface area contributed by atoms with Gasteiger partial charge in [0.05, 0.1) is 19.4 Å². The Morgan fingerprint density at radius 3 is 2.62 bits per heavy atom. The zero-order chi connectivity index (χ0) is 16.8. The highest BCUT2D eigenvalue weighted by molar-refractivity contribution is 5.79. The summed E-state index contributed by atoms with van der Waals surface area (Å²) in [6, 6.07) is 4.31. The van der Waals surface area contributed by atoms with Gasteiger partial charge in [-0.3, -0.25) is 4.79 Å². The highest BCUT2D eigenvalue weighted by Crippen LogP contribution is 2.25. The first-order chi connectivity index (χ1) is 11.8. The van der Waals surface area contributed by atoms with Gasteiger partial charge in [0, 0.05) is 31.7 Å². The number of likely N-dealkylation sites (tertiary alicyclic amines) is 1. The molecule has 0 spiro atoms. The number of ether oxygens (including phenoxy) is 1. The zero-order valence-electron chi connectivity index (χ0n) is 14.2. The summed E-state index contributed by atoms with van der Waals surface area (Å²) in [6.45, 7) is 4.46. The fourth-order valence-electron chi connectivity index (χ4n) is 3.80. The Balaban J connectivity index is 1.52. The van der Waals surface area contributed by atoms with Gasteiger partial charge in [0.25, 0.3) is 0 Å². The average Bonchev–Trinajstić information content (AvgIpc) is 3.15. The van der Waals surface area contributed by atoms with Gasteiger partial charge in [-0.2, -0.15) is 0 Å². The Morgan fingerprint density at radius 2 is 2.00 bits per heavy atom. The summed E-state index contributed by atoms with van der Waals surface area (Å²) in [4.78, 5) is 17.1. The molecule has 3 rings (SSSR count). The number of aliphatic hydroxyl groups is 1. The van der Waals surface area contributed by atoms with Crippen LogP contribution in [0.15, 0.2) is 22.8 Å². The first-order valence-electron chi connectivity index (χ1n) is 9.01. The van der Waals surface area contributed by atoms with Crippen molar-refractivity contribution in [3.8, 4) is 0 Å². The molecule has 1 aromatic heterocycles. The van der Waals surface area contributed by atoms with Crippen LogP contribution in [0.25, 0.3) is 0 Å². The summed E-state index contributed by atoms with van der Waals surface area (Å²) in [6.07, 6.45) is 5.62. The second-order valence-corrected chi connectivity index (χ2v) is 6.72. The summed E-state index contributed by atoms with van der Waals surface area (Å²) in [5.41, 5.74) is 0. The van der Waals surface area contributed by atoms with E-state index in [1.165, 1.54) is 0 Å². The molecule has 0 saturated carbocycles. The van der Waals surface area contributed by atoms with Crippen LogP contribution in [0, 0.1) is 5.92 Å². The lowest BCUT2D eigenvalue weighted by Crippen LogP contribution is -2.47. The molecule has 0 unspecified atom stereocenters. The van der Waals surface area contributed by atoms with Crippen molar-refractivity contribution in [1.29, 1.82) is 0 Å². The SMILES string of the molecule is O=C(C1CCN(C2CCOCC2)CC1)N(CCO)Cc1ccco1. The third-order valence-corrected chi connectivity index (χ3v) is 5.19. The Labute approximate surface area is 143 Å². The predicted octanol–water partition coefficient (Wildman–Crippen LogP) is 1.49. The molecule has 6 heteroatoms. The summed E-state index contributed by atoms with van der Waals surface area (Å²) in [5, 5.41) is 9.28. The molecule has 2 fully saturated rings. The minimum Gasteiger partial charge on any atom is -0.467 e. The minimum atomic E-state index is -0.0205. The van der Waals surface area contributed by atoms with Crippen molar-refractivity contribution in [2.24, 2.45) is 5.92 Å². The van der Waals surface area contributed by atoms with Crippen molar-refractivity contribution < 1.29 is 19.1 Å². The van der Waals surface area contributed by atoms with Crippen LogP contribution in [-0.2, 0) is 16.1 Å². The lowest BCUT2D eigenvalue weighted by Gasteiger charge is -2.39. The molecular weight excluding hydrogens is 308 g/mol. The van der Waals surface area contributed by atoms with Gasteiger partial charge in [-0.1, -0.05) is 0 Å². The van der Waals surface area contributed by atoms with Gasteiger partial charge < -0.3 is 24.1 Å². The predicted molar refractivity (Wildman–Crippen MR) is 89.3 cm³/mol. The number of nitrogens with zero attached hydrogens (tertiary/aromatic N) is 2. The highest BCUT2D eigenvalue weighted by Gasteiger charge is 2.31. The van der Waals surface area contributed by atoms with E-state index in [9.17, 15) is 9.90 Å². The first-order valence-corrected chi connectivity index (χ1v) is 9.01. The van der Waals surface area contributed by atoms with Gasteiger partial charge in [0.15, 0.2) is 0 Å². The number of hydrogen-bond acceptors (Lipinski definition) is 5. The lowest BCUT2D eigenvalue weighted by molar-refractivity contribution is -0.139. The number of hydrogen-bond donors (Lipinski definition) is 1. The van der Waals surface area contributed by atoms with E-state index in [2.05, 4.69) is 4.90 Å². The van der Waals surface area contributed by atoms with E-state index >= 15 is 0 Å². The topological polar surface area (TPSA) is 66.2 Å². The molecule has 6 nitrogen and oxygen atoms in total. The van der Waals surface area contributed by atoms with Crippen LogP contribution < -0.4 is 0 Å². The van der Waals surface area contributed by atoms with E-state index in [1.807, 2.05) is 12.1 Å². The van der Waals surface area contributed by atoms with Gasteiger partial charge in [-0.05, 0) is 50.9 Å². The molecule has 0 aromatic carbocycles. The van der Waals surface area contributed by atoms with E-state index < -0.39 is 0 Å². The van der Waals surface area contributed by atoms with E-state index in [0.717, 1.165) is 57.7 Å². The number of aliphatic hydroxyl groups excluding tert-OH is 1. The second-order valence-electron chi connectivity index (χ2n) is 6.72. The minimum absolute atomic E-state index is 0.0205. The average molecular weight is 336 g/mol. The number of furan rings is 1. The molecule has 1 N–H and O–H groups in total. The molecule has 0 radical (unpaired) electrons. The van der Waals surface area contributed by atoms with Crippen molar-refractivity contribution in [2.75, 3.05) is 39.5 Å². The van der Waals surface area contributed by atoms with Crippen LogP contribution in [0.4, 0.5) is 0 Å². The smallest absolute Gasteiger partial charge is 0.226 e. The normalized spacial score (nSPS) is 21.0. The van der Waals surface area contributed by atoms with Crippen molar-refractivity contribution in [2.45, 2.75) is 38.3 Å². The summed E-state index contributed by atoms with van der Waals surface area (Å²) in [5.74, 6) is 0.964. The molecule has 0 bridgehead atoms. The summed E-state index contributed by atoms with van der Waals surface area (Å²) < 4.78 is 10.8. The van der Waals surface area contributed by atoms with Crippen LogP contribution in [0.5, 0.6) is 0 Å². The molecule has 0 aliphatic carbocycles. The Morgan fingerprint density at radius 1 is 1.25 bits per heavy atom. The Kier molecular flexibility index (Phi) is 6.29. The fourth-order valence-corrected chi connectivity index (χ4v) is 3.80. The van der Waals surface area contributed by atoms with Crippen LogP contribution in [0.1, 0.15) is 31.4 Å². The number of carbonyl (C=O) groups excluding carboxylic acids is 1. The van der Waals surface area contributed by atoms with E-state index in [4.69, 9.17) is 9.15 Å². The maximum absolute atomic E-state index is 12.8. The van der Waals surface area contributed by atoms with E-state index in [1.54, 1.807) is 11.2 Å². The standard InChI is InChI=1S/C18H28N2O4/c21-10-9-20(14-17-2-1-11-24-17)18(22)15-3-7-19(8-4-15)16-5-12-23-13-6-16/h1-2,11,15-16,21H,3-10,12-14H2. The lowest BCUT2D eigenvalue weighted by atomic mass is 9.93. The maximum Gasteiger partial charge on any atom is 0.226 e. The zero-order valence-corrected chi connectivity index (χ0v) is 14.2. The third-order valence-electron chi connectivity index (χ3n) is 5.19. The van der Waals surface area contributed by atoms with E-state index in [0.29, 0.717) is 19.1 Å². The number of carbonyl (C=O) groups is 1. The molecule has 0 atom stereocenters. The Bertz CT molecular complexity index is 491. The molecule has 134 valence electrons. The quantitative estimate of drug-likeness (QED) is 0.853. The van der Waals surface area contributed by atoms with Crippen molar-refractivity contribution in [1.82, 2.24) is 9.80 Å². The molecule has 2 aliphatic rings. The van der Waals surface area contributed by atoms with Crippen LogP contribution in [0.2, 0.25) is 0 Å². The number of rotatable bonds is 6. The molecule has 3 heterocycles. The van der Waals surface area contributed by atoms with Crippen molar-refractivity contribution >= 4 is 5.91 Å². The van der Waals surface area contributed by atoms with Crippen molar-refractivity contribution in [3.05, 3.63) is 24.2 Å². The molecule has 1 amide bonds. The molecule has 2 aliphatic heterocycles. The summed E-state index contributed by atoms with van der Waals surface area (Å²) >= 11 is 0. The maximum atomic E-state index is 12.8. The highest BCUT2D eigenvalue weighted by atomic mass is 16.5. The second kappa shape index (κ2) is 8.65. The van der Waals surface area contributed by atoms with Gasteiger partial charge in [-0.25, -0.2) is 0 Å². The van der Waals surface area contributed by atoms with Gasteiger partial charge in [0.1, 0.15) is 5.76 Å². The van der Waals surface area contributed by atoms with Gasteiger partial charge in [-0.15, -0.1) is 0 Å². The molecule has 1 aromatic rings.